The second-order valence-corrected chi connectivity index (χ2v) is 5.91. The minimum absolute atomic E-state index is 0.109. The first kappa shape index (κ1) is 19.3. The van der Waals surface area contributed by atoms with Gasteiger partial charge in [0.05, 0.1) is 12.2 Å². The number of hydrogen-bond donors (Lipinski definition) is 3. The maximum absolute atomic E-state index is 12.3. The Balaban J connectivity index is 1.79. The first-order valence-electron chi connectivity index (χ1n) is 8.67. The molecule has 0 radical (unpaired) electrons. The Morgan fingerprint density at radius 3 is 2.69 bits per heavy atom. The Hall–Kier alpha value is -3.02. The summed E-state index contributed by atoms with van der Waals surface area (Å²) < 4.78 is 5.45. The van der Waals surface area contributed by atoms with Gasteiger partial charge in [-0.05, 0) is 50.1 Å². The Morgan fingerprint density at radius 2 is 1.92 bits per heavy atom. The van der Waals surface area contributed by atoms with Crippen molar-refractivity contribution in [2.45, 2.75) is 26.7 Å². The molecule has 0 heterocycles. The number of nitrogen functional groups attached to an aromatic ring is 1. The van der Waals surface area contributed by atoms with Crippen molar-refractivity contribution in [3.05, 3.63) is 53.6 Å². The lowest BCUT2D eigenvalue weighted by molar-refractivity contribution is -0.116. The summed E-state index contributed by atoms with van der Waals surface area (Å²) >= 11 is 0. The van der Waals surface area contributed by atoms with Crippen molar-refractivity contribution in [1.29, 1.82) is 0 Å². The summed E-state index contributed by atoms with van der Waals surface area (Å²) in [6.07, 6.45) is 0.845. The lowest BCUT2D eigenvalue weighted by Gasteiger charge is -2.11. The van der Waals surface area contributed by atoms with E-state index in [0.29, 0.717) is 48.7 Å². The molecule has 0 atom stereocenters. The Kier molecular flexibility index (Phi) is 7.02. The van der Waals surface area contributed by atoms with E-state index >= 15 is 0 Å². The molecule has 2 rings (SSSR count). The van der Waals surface area contributed by atoms with Gasteiger partial charge in [-0.2, -0.15) is 0 Å². The van der Waals surface area contributed by atoms with E-state index in [1.165, 1.54) is 0 Å². The Bertz CT molecular complexity index is 775. The largest absolute Gasteiger partial charge is 0.493 e. The summed E-state index contributed by atoms with van der Waals surface area (Å²) in [6.45, 7) is 4.68. The van der Waals surface area contributed by atoms with Gasteiger partial charge in [0.25, 0.3) is 5.91 Å². The van der Waals surface area contributed by atoms with Crippen LogP contribution in [0.15, 0.2) is 42.5 Å². The average Bonchev–Trinajstić information content (AvgIpc) is 2.62. The second kappa shape index (κ2) is 9.46. The Labute approximate surface area is 153 Å². The van der Waals surface area contributed by atoms with Crippen LogP contribution >= 0.6 is 0 Å². The van der Waals surface area contributed by atoms with Crippen molar-refractivity contribution in [1.82, 2.24) is 5.32 Å². The van der Waals surface area contributed by atoms with E-state index in [9.17, 15) is 9.59 Å². The molecular weight excluding hydrogens is 330 g/mol. The maximum Gasteiger partial charge on any atom is 0.255 e. The van der Waals surface area contributed by atoms with Gasteiger partial charge >= 0.3 is 0 Å². The number of rotatable bonds is 8. The lowest BCUT2D eigenvalue weighted by Crippen LogP contribution is -2.26. The zero-order valence-electron chi connectivity index (χ0n) is 15.2. The zero-order valence-corrected chi connectivity index (χ0v) is 15.2. The second-order valence-electron chi connectivity index (χ2n) is 5.91. The van der Waals surface area contributed by atoms with E-state index in [4.69, 9.17) is 10.5 Å². The number of anilines is 2. The van der Waals surface area contributed by atoms with Crippen molar-refractivity contribution in [3.8, 4) is 5.75 Å². The number of hydrogen-bond acceptors (Lipinski definition) is 4. The summed E-state index contributed by atoms with van der Waals surface area (Å²) in [6, 6.07) is 12.5. The molecule has 2 amide bonds. The van der Waals surface area contributed by atoms with Crippen LogP contribution in [-0.2, 0) is 4.79 Å². The molecule has 0 aliphatic heterocycles. The predicted octanol–water partition coefficient (Wildman–Crippen LogP) is 3.12. The normalized spacial score (nSPS) is 10.2. The number of benzene rings is 2. The molecule has 138 valence electrons. The van der Waals surface area contributed by atoms with Gasteiger partial charge < -0.3 is 21.1 Å². The van der Waals surface area contributed by atoms with E-state index in [-0.39, 0.29) is 11.8 Å². The molecule has 26 heavy (non-hydrogen) atoms. The first-order valence-corrected chi connectivity index (χ1v) is 8.67. The monoisotopic (exact) mass is 355 g/mol. The van der Waals surface area contributed by atoms with Crippen LogP contribution in [0.3, 0.4) is 0 Å². The molecule has 2 aromatic rings. The number of nitrogens with two attached hydrogens (primary N) is 1. The number of para-hydroxylation sites is 1. The van der Waals surface area contributed by atoms with Crippen LogP contribution < -0.4 is 21.1 Å². The predicted molar refractivity (Wildman–Crippen MR) is 103 cm³/mol. The number of carbonyl (C=O) groups is 2. The summed E-state index contributed by atoms with van der Waals surface area (Å²) in [5.41, 5.74) is 8.50. The highest BCUT2D eigenvalue weighted by atomic mass is 16.5. The van der Waals surface area contributed by atoms with Crippen LogP contribution in [0.1, 0.15) is 35.7 Å². The molecule has 0 aliphatic carbocycles. The molecule has 4 N–H and O–H groups in total. The first-order chi connectivity index (χ1) is 12.5. The molecule has 6 nitrogen and oxygen atoms in total. The number of ether oxygens (including phenoxy) is 1. The van der Waals surface area contributed by atoms with E-state index in [1.54, 1.807) is 30.3 Å². The van der Waals surface area contributed by atoms with E-state index in [2.05, 4.69) is 10.6 Å². The zero-order chi connectivity index (χ0) is 18.9. The number of nitrogens with one attached hydrogen (secondary N) is 2. The molecule has 0 saturated heterocycles. The summed E-state index contributed by atoms with van der Waals surface area (Å²) in [4.78, 5) is 24.3. The lowest BCUT2D eigenvalue weighted by atomic mass is 10.1. The number of amides is 2. The Morgan fingerprint density at radius 1 is 1.15 bits per heavy atom. The minimum Gasteiger partial charge on any atom is -0.493 e. The molecule has 6 heteroatoms. The molecule has 0 saturated carbocycles. The van der Waals surface area contributed by atoms with Crippen LogP contribution in [0.2, 0.25) is 0 Å². The number of carbonyl (C=O) groups excluding carboxylic acids is 2. The highest BCUT2D eigenvalue weighted by molar-refractivity contribution is 5.97. The van der Waals surface area contributed by atoms with Gasteiger partial charge in [-0.1, -0.05) is 18.2 Å². The highest BCUT2D eigenvalue weighted by Gasteiger charge is 2.11. The van der Waals surface area contributed by atoms with Crippen molar-refractivity contribution >= 4 is 23.2 Å². The SMILES string of the molecule is CCOc1ccccc1C(=O)NCCCC(=O)Nc1cc(N)ccc1C. The summed E-state index contributed by atoms with van der Waals surface area (Å²) in [5.74, 6) is 0.242. The van der Waals surface area contributed by atoms with Crippen LogP contribution in [0, 0.1) is 6.92 Å². The fourth-order valence-electron chi connectivity index (χ4n) is 2.47. The van der Waals surface area contributed by atoms with Crippen LogP contribution in [0.5, 0.6) is 5.75 Å². The van der Waals surface area contributed by atoms with Crippen molar-refractivity contribution in [3.63, 3.8) is 0 Å². The summed E-state index contributed by atoms with van der Waals surface area (Å²) in [7, 11) is 0. The van der Waals surface area contributed by atoms with Gasteiger partial charge in [-0.3, -0.25) is 9.59 Å². The molecule has 0 fully saturated rings. The van der Waals surface area contributed by atoms with Crippen LogP contribution in [0.4, 0.5) is 11.4 Å². The topological polar surface area (TPSA) is 93.4 Å². The van der Waals surface area contributed by atoms with Crippen molar-refractivity contribution in [2.24, 2.45) is 0 Å². The quantitative estimate of drug-likeness (QED) is 0.501. The third-order valence-electron chi connectivity index (χ3n) is 3.83. The van der Waals surface area contributed by atoms with Crippen molar-refractivity contribution < 1.29 is 14.3 Å². The van der Waals surface area contributed by atoms with Gasteiger partial charge in [0.15, 0.2) is 0 Å². The fourth-order valence-corrected chi connectivity index (χ4v) is 2.47. The standard InChI is InChI=1S/C20H25N3O3/c1-3-26-18-8-5-4-7-16(18)20(25)22-12-6-9-19(24)23-17-13-15(21)11-10-14(17)2/h4-5,7-8,10-11,13H,3,6,9,12,21H2,1-2H3,(H,22,25)(H,23,24). The molecule has 2 aromatic carbocycles. The smallest absolute Gasteiger partial charge is 0.255 e. The van der Waals surface area contributed by atoms with E-state index in [0.717, 1.165) is 5.56 Å². The van der Waals surface area contributed by atoms with Crippen LogP contribution in [0.25, 0.3) is 0 Å². The third kappa shape index (κ3) is 5.51. The molecule has 0 aliphatic rings. The molecule has 0 bridgehead atoms. The maximum atomic E-state index is 12.3. The van der Waals surface area contributed by atoms with Gasteiger partial charge in [-0.25, -0.2) is 0 Å². The molecular formula is C20H25N3O3. The third-order valence-corrected chi connectivity index (χ3v) is 3.83. The van der Waals surface area contributed by atoms with Crippen molar-refractivity contribution in [2.75, 3.05) is 24.2 Å². The minimum atomic E-state index is -0.207. The van der Waals surface area contributed by atoms with E-state index in [1.807, 2.05) is 26.0 Å². The van der Waals surface area contributed by atoms with Gasteiger partial charge in [-0.15, -0.1) is 0 Å². The molecule has 0 aromatic heterocycles. The molecule has 0 spiro atoms. The fraction of sp³-hybridized carbons (Fsp3) is 0.300. The number of aryl methyl sites for hydroxylation is 1. The van der Waals surface area contributed by atoms with Crippen LogP contribution in [-0.4, -0.2) is 25.0 Å². The summed E-state index contributed by atoms with van der Waals surface area (Å²) in [5, 5.41) is 5.66. The van der Waals surface area contributed by atoms with Gasteiger partial charge in [0.2, 0.25) is 5.91 Å². The van der Waals surface area contributed by atoms with Gasteiger partial charge in [0, 0.05) is 24.3 Å². The highest BCUT2D eigenvalue weighted by Crippen LogP contribution is 2.19. The van der Waals surface area contributed by atoms with Gasteiger partial charge in [0.1, 0.15) is 5.75 Å². The van der Waals surface area contributed by atoms with E-state index < -0.39 is 0 Å². The molecule has 0 unspecified atom stereocenters. The average molecular weight is 355 g/mol.